The molecule has 0 radical (unpaired) electrons. The zero-order chi connectivity index (χ0) is 22.5. The Morgan fingerprint density at radius 2 is 1.74 bits per heavy atom. The number of hydrogen-bond donors (Lipinski definition) is 4. The van der Waals surface area contributed by atoms with Crippen LogP contribution in [0.1, 0.15) is 35.7 Å². The highest BCUT2D eigenvalue weighted by molar-refractivity contribution is 5.96. The zero-order valence-corrected chi connectivity index (χ0v) is 17.2. The second-order valence-electron chi connectivity index (χ2n) is 7.68. The van der Waals surface area contributed by atoms with Crippen molar-refractivity contribution >= 4 is 17.8 Å². The molecule has 8 heteroatoms. The first-order valence-electron chi connectivity index (χ1n) is 10.2. The zero-order valence-electron chi connectivity index (χ0n) is 17.2. The molecule has 0 bridgehead atoms. The van der Waals surface area contributed by atoms with Gasteiger partial charge in [0.25, 0.3) is 11.8 Å². The van der Waals surface area contributed by atoms with E-state index in [0.717, 1.165) is 12.8 Å². The molecular formula is C23H26N2O6. The summed E-state index contributed by atoms with van der Waals surface area (Å²) in [5.41, 5.74) is 2.20. The van der Waals surface area contributed by atoms with Gasteiger partial charge in [-0.15, -0.1) is 0 Å². The van der Waals surface area contributed by atoms with Crippen molar-refractivity contribution in [3.8, 4) is 11.1 Å². The lowest BCUT2D eigenvalue weighted by Crippen LogP contribution is -2.51. The molecule has 31 heavy (non-hydrogen) atoms. The number of aliphatic hydroxyl groups excluding tert-OH is 2. The van der Waals surface area contributed by atoms with E-state index in [-0.39, 0.29) is 18.2 Å². The standard InChI is InChI=1S/C23H26N2O6/c1-14-5-4-12-25(14)22(29)20(27)19(26)21(28)24-13-15-8-10-16(11-9-15)17-6-2-3-7-18(17)23(30)31/h2-3,6-11,14,19-20,26-27H,4-5,12-13H2,1H3,(H,24,28)(H,30,31)/t14-,19+,20+/m0/s1. The van der Waals surface area contributed by atoms with Crippen LogP contribution in [0.2, 0.25) is 0 Å². The van der Waals surface area contributed by atoms with Gasteiger partial charge in [-0.3, -0.25) is 9.59 Å². The van der Waals surface area contributed by atoms with E-state index in [2.05, 4.69) is 5.32 Å². The number of amides is 2. The molecule has 0 aliphatic carbocycles. The fourth-order valence-corrected chi connectivity index (χ4v) is 3.73. The van der Waals surface area contributed by atoms with Gasteiger partial charge >= 0.3 is 5.97 Å². The number of carboxylic acids is 1. The molecule has 1 fully saturated rings. The first-order chi connectivity index (χ1) is 14.8. The molecule has 0 unspecified atom stereocenters. The predicted molar refractivity (Wildman–Crippen MR) is 113 cm³/mol. The van der Waals surface area contributed by atoms with Crippen molar-refractivity contribution in [3.63, 3.8) is 0 Å². The maximum atomic E-state index is 12.3. The molecule has 1 aliphatic rings. The molecule has 2 aromatic rings. The molecule has 164 valence electrons. The van der Waals surface area contributed by atoms with Gasteiger partial charge in [-0.1, -0.05) is 42.5 Å². The van der Waals surface area contributed by atoms with Crippen molar-refractivity contribution < 1.29 is 29.7 Å². The molecule has 4 N–H and O–H groups in total. The minimum Gasteiger partial charge on any atom is -0.478 e. The minimum absolute atomic E-state index is 0.0258. The molecule has 2 amide bonds. The van der Waals surface area contributed by atoms with E-state index < -0.39 is 30.0 Å². The van der Waals surface area contributed by atoms with Crippen LogP contribution in [0.5, 0.6) is 0 Å². The van der Waals surface area contributed by atoms with Crippen LogP contribution in [0.15, 0.2) is 48.5 Å². The topological polar surface area (TPSA) is 127 Å². The number of hydrogen-bond acceptors (Lipinski definition) is 5. The third kappa shape index (κ3) is 5.10. The van der Waals surface area contributed by atoms with Crippen LogP contribution in [-0.2, 0) is 16.1 Å². The highest BCUT2D eigenvalue weighted by Gasteiger charge is 2.36. The fourth-order valence-electron chi connectivity index (χ4n) is 3.73. The molecular weight excluding hydrogens is 400 g/mol. The second kappa shape index (κ2) is 9.72. The van der Waals surface area contributed by atoms with Gasteiger partial charge in [0.05, 0.1) is 5.56 Å². The van der Waals surface area contributed by atoms with Crippen molar-refractivity contribution in [1.29, 1.82) is 0 Å². The van der Waals surface area contributed by atoms with Crippen molar-refractivity contribution in [2.75, 3.05) is 6.54 Å². The number of nitrogens with zero attached hydrogens (tertiary/aromatic N) is 1. The van der Waals surface area contributed by atoms with Crippen molar-refractivity contribution in [2.24, 2.45) is 0 Å². The van der Waals surface area contributed by atoms with Gasteiger partial charge < -0.3 is 25.5 Å². The fraction of sp³-hybridized carbons (Fsp3) is 0.348. The summed E-state index contributed by atoms with van der Waals surface area (Å²) in [7, 11) is 0. The molecule has 1 saturated heterocycles. The van der Waals surface area contributed by atoms with Gasteiger partial charge in [-0.25, -0.2) is 4.79 Å². The maximum absolute atomic E-state index is 12.3. The lowest BCUT2D eigenvalue weighted by atomic mass is 9.99. The number of carboxylic acid groups (broad SMARTS) is 1. The predicted octanol–water partition coefficient (Wildman–Crippen LogP) is 1.40. The van der Waals surface area contributed by atoms with E-state index in [1.54, 1.807) is 42.5 Å². The average molecular weight is 426 g/mol. The molecule has 1 heterocycles. The first kappa shape index (κ1) is 22.5. The summed E-state index contributed by atoms with van der Waals surface area (Å²) in [6, 6.07) is 13.6. The number of likely N-dealkylation sites (tertiary alicyclic amines) is 1. The number of aromatic carboxylic acids is 1. The Balaban J connectivity index is 1.59. The van der Waals surface area contributed by atoms with Gasteiger partial charge in [-0.05, 0) is 42.5 Å². The quantitative estimate of drug-likeness (QED) is 0.530. The summed E-state index contributed by atoms with van der Waals surface area (Å²) in [6.07, 6.45) is -2.01. The Kier molecular flexibility index (Phi) is 7.04. The van der Waals surface area contributed by atoms with E-state index in [0.29, 0.717) is 23.2 Å². The van der Waals surface area contributed by atoms with E-state index in [1.165, 1.54) is 11.0 Å². The Hall–Kier alpha value is -3.23. The van der Waals surface area contributed by atoms with Crippen LogP contribution in [-0.4, -0.2) is 62.8 Å². The van der Waals surface area contributed by atoms with Crippen molar-refractivity contribution in [3.05, 3.63) is 59.7 Å². The average Bonchev–Trinajstić information content (AvgIpc) is 3.22. The Bertz CT molecular complexity index is 959. The maximum Gasteiger partial charge on any atom is 0.336 e. The monoisotopic (exact) mass is 426 g/mol. The van der Waals surface area contributed by atoms with E-state index >= 15 is 0 Å². The van der Waals surface area contributed by atoms with Gasteiger partial charge in [0.15, 0.2) is 12.2 Å². The molecule has 8 nitrogen and oxygen atoms in total. The van der Waals surface area contributed by atoms with Crippen LogP contribution in [0, 0.1) is 0 Å². The molecule has 2 aromatic carbocycles. The van der Waals surface area contributed by atoms with Gasteiger partial charge in [0.2, 0.25) is 0 Å². The summed E-state index contributed by atoms with van der Waals surface area (Å²) in [5.74, 6) is -2.50. The van der Waals surface area contributed by atoms with Crippen LogP contribution in [0.3, 0.4) is 0 Å². The van der Waals surface area contributed by atoms with Crippen molar-refractivity contribution in [1.82, 2.24) is 10.2 Å². The Morgan fingerprint density at radius 3 is 2.35 bits per heavy atom. The van der Waals surface area contributed by atoms with Crippen LogP contribution >= 0.6 is 0 Å². The second-order valence-corrected chi connectivity index (χ2v) is 7.68. The third-order valence-electron chi connectivity index (χ3n) is 5.55. The minimum atomic E-state index is -1.86. The van der Waals surface area contributed by atoms with E-state index in [9.17, 15) is 29.7 Å². The summed E-state index contributed by atoms with van der Waals surface area (Å²) < 4.78 is 0. The Morgan fingerprint density at radius 1 is 1.06 bits per heavy atom. The van der Waals surface area contributed by atoms with Gasteiger partial charge in [0, 0.05) is 19.1 Å². The number of nitrogens with one attached hydrogen (secondary N) is 1. The summed E-state index contributed by atoms with van der Waals surface area (Å²) in [6.45, 7) is 2.45. The van der Waals surface area contributed by atoms with Gasteiger partial charge in [0.1, 0.15) is 0 Å². The summed E-state index contributed by atoms with van der Waals surface area (Å²) in [4.78, 5) is 37.4. The molecule has 3 rings (SSSR count). The number of benzene rings is 2. The number of aliphatic hydroxyl groups is 2. The molecule has 0 spiro atoms. The smallest absolute Gasteiger partial charge is 0.336 e. The largest absolute Gasteiger partial charge is 0.478 e. The highest BCUT2D eigenvalue weighted by atomic mass is 16.4. The molecule has 0 saturated carbocycles. The van der Waals surface area contributed by atoms with Gasteiger partial charge in [-0.2, -0.15) is 0 Å². The Labute approximate surface area is 180 Å². The van der Waals surface area contributed by atoms with Crippen molar-refractivity contribution in [2.45, 2.75) is 44.6 Å². The molecule has 3 atom stereocenters. The summed E-state index contributed by atoms with van der Waals surface area (Å²) in [5, 5.41) is 32.0. The normalized spacial score (nSPS) is 17.8. The lowest BCUT2D eigenvalue weighted by molar-refractivity contribution is -0.153. The molecule has 0 aromatic heterocycles. The van der Waals surface area contributed by atoms with E-state index in [1.807, 2.05) is 6.92 Å². The van der Waals surface area contributed by atoms with Crippen LogP contribution in [0.4, 0.5) is 0 Å². The number of carbonyl (C=O) groups is 3. The van der Waals surface area contributed by atoms with Crippen LogP contribution in [0.25, 0.3) is 11.1 Å². The first-order valence-corrected chi connectivity index (χ1v) is 10.2. The SMILES string of the molecule is C[C@H]1CCCN1C(=O)[C@H](O)[C@@H](O)C(=O)NCc1ccc(-c2ccccc2C(=O)O)cc1. The third-order valence-corrected chi connectivity index (χ3v) is 5.55. The van der Waals surface area contributed by atoms with E-state index in [4.69, 9.17) is 0 Å². The number of rotatable bonds is 7. The summed E-state index contributed by atoms with van der Waals surface area (Å²) >= 11 is 0. The number of carbonyl (C=O) groups excluding carboxylic acids is 2. The van der Waals surface area contributed by atoms with Crippen LogP contribution < -0.4 is 5.32 Å². The molecule has 1 aliphatic heterocycles. The lowest BCUT2D eigenvalue weighted by Gasteiger charge is -2.26. The highest BCUT2D eigenvalue weighted by Crippen LogP contribution is 2.24.